The van der Waals surface area contributed by atoms with Gasteiger partial charge in [0.05, 0.1) is 4.90 Å². The monoisotopic (exact) mass is 552 g/mol. The Kier molecular flexibility index (Phi) is 12.2. The first-order valence-corrected chi connectivity index (χ1v) is 12.0. The predicted octanol–water partition coefficient (Wildman–Crippen LogP) is 3.04. The normalized spacial score (nSPS) is 16.2. The minimum absolute atomic E-state index is 0. The number of ether oxygens (including phenoxy) is 1. The Morgan fingerprint density at radius 1 is 1.13 bits per heavy atom. The number of aryl methyl sites for hydroxylation is 1. The van der Waals surface area contributed by atoms with Gasteiger partial charge >= 0.3 is 0 Å². The maximum atomic E-state index is 12.4. The lowest BCUT2D eigenvalue weighted by atomic mass is 9.83. The fourth-order valence-electron chi connectivity index (χ4n) is 3.69. The minimum atomic E-state index is -3.50. The Morgan fingerprint density at radius 3 is 2.40 bits per heavy atom. The fraction of sp³-hybridized carbons (Fsp3) is 0.667. The summed E-state index contributed by atoms with van der Waals surface area (Å²) in [5.41, 5.74) is 1.26. The number of sulfonamides is 1. The van der Waals surface area contributed by atoms with Crippen molar-refractivity contribution in [1.29, 1.82) is 0 Å². The highest BCUT2D eigenvalue weighted by atomic mass is 127. The maximum Gasteiger partial charge on any atom is 0.240 e. The van der Waals surface area contributed by atoms with E-state index < -0.39 is 10.0 Å². The van der Waals surface area contributed by atoms with Crippen LogP contribution in [0.4, 0.5) is 0 Å². The van der Waals surface area contributed by atoms with E-state index in [1.54, 1.807) is 31.4 Å². The molecule has 2 rings (SSSR count). The van der Waals surface area contributed by atoms with Gasteiger partial charge in [0, 0.05) is 39.9 Å². The van der Waals surface area contributed by atoms with Gasteiger partial charge in [0.2, 0.25) is 10.0 Å². The number of hydrogen-bond acceptors (Lipinski definition) is 4. The molecule has 0 spiro atoms. The molecule has 3 N–H and O–H groups in total. The van der Waals surface area contributed by atoms with Crippen molar-refractivity contribution in [2.75, 3.05) is 39.9 Å². The molecule has 1 aromatic rings. The Balaban J connectivity index is 0.00000450. The maximum absolute atomic E-state index is 12.4. The number of halogens is 1. The van der Waals surface area contributed by atoms with Crippen LogP contribution in [0.3, 0.4) is 0 Å². The zero-order valence-electron chi connectivity index (χ0n) is 18.4. The molecule has 1 aromatic carbocycles. The molecule has 0 heterocycles. The first-order chi connectivity index (χ1) is 13.9. The third-order valence-electron chi connectivity index (χ3n) is 5.46. The van der Waals surface area contributed by atoms with E-state index in [2.05, 4.69) is 15.4 Å². The first-order valence-electron chi connectivity index (χ1n) is 10.5. The lowest BCUT2D eigenvalue weighted by Crippen LogP contribution is -2.42. The zero-order valence-corrected chi connectivity index (χ0v) is 21.5. The Hall–Kier alpha value is -0.910. The van der Waals surface area contributed by atoms with Gasteiger partial charge in [-0.3, -0.25) is 4.99 Å². The largest absolute Gasteiger partial charge is 0.385 e. The molecule has 1 fully saturated rings. The van der Waals surface area contributed by atoms with Gasteiger partial charge in [0.25, 0.3) is 0 Å². The number of nitrogens with one attached hydrogen (secondary N) is 3. The summed E-state index contributed by atoms with van der Waals surface area (Å²) in [4.78, 5) is 5.07. The van der Waals surface area contributed by atoms with Gasteiger partial charge < -0.3 is 15.4 Å². The van der Waals surface area contributed by atoms with Crippen molar-refractivity contribution in [1.82, 2.24) is 15.4 Å². The van der Waals surface area contributed by atoms with Crippen molar-refractivity contribution >= 4 is 40.0 Å². The van der Waals surface area contributed by atoms with E-state index >= 15 is 0 Å². The summed E-state index contributed by atoms with van der Waals surface area (Å²) in [6, 6.07) is 6.84. The lowest BCUT2D eigenvalue weighted by molar-refractivity contribution is 0.141. The Morgan fingerprint density at radius 2 is 1.80 bits per heavy atom. The van der Waals surface area contributed by atoms with Gasteiger partial charge in [-0.15, -0.1) is 24.0 Å². The summed E-state index contributed by atoms with van der Waals surface area (Å²) < 4.78 is 32.6. The molecule has 172 valence electrons. The molecule has 1 aliphatic carbocycles. The topological polar surface area (TPSA) is 91.8 Å². The number of methoxy groups -OCH3 is 1. The molecule has 1 aliphatic rings. The van der Waals surface area contributed by atoms with Crippen LogP contribution in [-0.4, -0.2) is 54.3 Å². The van der Waals surface area contributed by atoms with Crippen molar-refractivity contribution < 1.29 is 13.2 Å². The SMILES string of the molecule is CCNC(=NCC1(CCOC)CCCC1)NCCNS(=O)(=O)c1ccc(C)cc1.I. The van der Waals surface area contributed by atoms with Crippen molar-refractivity contribution in [2.45, 2.75) is 50.8 Å². The molecule has 0 aliphatic heterocycles. The summed E-state index contributed by atoms with van der Waals surface area (Å²) >= 11 is 0. The summed E-state index contributed by atoms with van der Waals surface area (Å²) in [5.74, 6) is 0.728. The van der Waals surface area contributed by atoms with Crippen LogP contribution in [0.15, 0.2) is 34.2 Å². The van der Waals surface area contributed by atoms with Crippen LogP contribution in [0, 0.1) is 12.3 Å². The van der Waals surface area contributed by atoms with Gasteiger partial charge in [-0.2, -0.15) is 0 Å². The highest BCUT2D eigenvalue weighted by Crippen LogP contribution is 2.41. The number of nitrogens with zero attached hydrogens (tertiary/aromatic N) is 1. The fourth-order valence-corrected chi connectivity index (χ4v) is 4.72. The number of aliphatic imine (C=N–C) groups is 1. The molecular weight excluding hydrogens is 515 g/mol. The molecule has 1 saturated carbocycles. The van der Waals surface area contributed by atoms with Crippen LogP contribution in [0.5, 0.6) is 0 Å². The molecule has 30 heavy (non-hydrogen) atoms. The van der Waals surface area contributed by atoms with Crippen molar-refractivity contribution in [3.05, 3.63) is 29.8 Å². The van der Waals surface area contributed by atoms with Crippen molar-refractivity contribution in [3.8, 4) is 0 Å². The van der Waals surface area contributed by atoms with Crippen molar-refractivity contribution in [2.24, 2.45) is 10.4 Å². The van der Waals surface area contributed by atoms with Crippen molar-refractivity contribution in [3.63, 3.8) is 0 Å². The molecule has 0 unspecified atom stereocenters. The number of hydrogen-bond donors (Lipinski definition) is 3. The standard InChI is InChI=1S/C21H36N4O3S.HI/c1-4-22-20(24-17-21(13-16-28-3)11-5-6-12-21)23-14-15-25-29(26,27)19-9-7-18(2)8-10-19;/h7-10,25H,4-6,11-17H2,1-3H3,(H2,22,23,24);1H. The third-order valence-corrected chi connectivity index (χ3v) is 6.94. The Bertz CT molecular complexity index is 748. The second-order valence-corrected chi connectivity index (χ2v) is 9.55. The van der Waals surface area contributed by atoms with E-state index in [1.165, 1.54) is 25.7 Å². The molecule has 0 atom stereocenters. The van der Waals surface area contributed by atoms with Gasteiger partial charge in [-0.05, 0) is 50.7 Å². The highest BCUT2D eigenvalue weighted by Gasteiger charge is 2.33. The third kappa shape index (κ3) is 8.68. The quantitative estimate of drug-likeness (QED) is 0.170. The summed E-state index contributed by atoms with van der Waals surface area (Å²) in [5, 5.41) is 6.48. The molecule has 0 radical (unpaired) electrons. The van der Waals surface area contributed by atoms with E-state index in [9.17, 15) is 8.42 Å². The molecule has 0 aromatic heterocycles. The lowest BCUT2D eigenvalue weighted by Gasteiger charge is -2.27. The van der Waals surface area contributed by atoms with Crippen LogP contribution in [-0.2, 0) is 14.8 Å². The van der Waals surface area contributed by atoms with E-state index in [0.29, 0.717) is 6.54 Å². The highest BCUT2D eigenvalue weighted by molar-refractivity contribution is 14.0. The van der Waals surface area contributed by atoms with Gasteiger partial charge in [-0.25, -0.2) is 13.1 Å². The second-order valence-electron chi connectivity index (χ2n) is 7.78. The zero-order chi connectivity index (χ0) is 21.2. The van der Waals surface area contributed by atoms with Gasteiger partial charge in [0.1, 0.15) is 0 Å². The average molecular weight is 553 g/mol. The summed E-state index contributed by atoms with van der Waals surface area (Å²) in [6.45, 7) is 6.98. The molecule has 0 saturated heterocycles. The minimum Gasteiger partial charge on any atom is -0.385 e. The predicted molar refractivity (Wildman–Crippen MR) is 133 cm³/mol. The van der Waals surface area contributed by atoms with Crippen LogP contribution < -0.4 is 15.4 Å². The van der Waals surface area contributed by atoms with Crippen LogP contribution in [0.25, 0.3) is 0 Å². The molecule has 7 nitrogen and oxygen atoms in total. The molecule has 0 amide bonds. The number of rotatable bonds is 11. The van der Waals surface area contributed by atoms with E-state index in [-0.39, 0.29) is 40.8 Å². The van der Waals surface area contributed by atoms with Gasteiger partial charge in [-0.1, -0.05) is 30.5 Å². The van der Waals surface area contributed by atoms with Crippen LogP contribution in [0.2, 0.25) is 0 Å². The summed E-state index contributed by atoms with van der Waals surface area (Å²) in [7, 11) is -1.75. The van der Waals surface area contributed by atoms with E-state index in [4.69, 9.17) is 9.73 Å². The molecular formula is C21H37IN4O3S. The Labute approximate surface area is 198 Å². The summed E-state index contributed by atoms with van der Waals surface area (Å²) in [6.07, 6.45) is 5.92. The second kappa shape index (κ2) is 13.5. The molecule has 0 bridgehead atoms. The van der Waals surface area contributed by atoms with Crippen LogP contribution in [0.1, 0.15) is 44.6 Å². The number of benzene rings is 1. The molecule has 9 heteroatoms. The van der Waals surface area contributed by atoms with E-state index in [0.717, 1.165) is 37.6 Å². The smallest absolute Gasteiger partial charge is 0.240 e. The number of guanidine groups is 1. The first kappa shape index (κ1) is 27.1. The average Bonchev–Trinajstić information content (AvgIpc) is 3.17. The van der Waals surface area contributed by atoms with Crippen LogP contribution >= 0.6 is 24.0 Å². The van der Waals surface area contributed by atoms with Gasteiger partial charge in [0.15, 0.2) is 5.96 Å². The van der Waals surface area contributed by atoms with E-state index in [1.807, 2.05) is 13.8 Å².